The number of amides is 2. The van der Waals surface area contributed by atoms with Gasteiger partial charge in [0.1, 0.15) is 5.58 Å². The molecule has 1 fully saturated rings. The molecule has 1 saturated carbocycles. The zero-order chi connectivity index (χ0) is 17.1. The van der Waals surface area contributed by atoms with Crippen molar-refractivity contribution in [2.45, 2.75) is 31.8 Å². The van der Waals surface area contributed by atoms with Gasteiger partial charge in [-0.15, -0.1) is 0 Å². The highest BCUT2D eigenvalue weighted by Gasteiger charge is 2.25. The van der Waals surface area contributed by atoms with Crippen molar-refractivity contribution < 1.29 is 14.3 Å². The third-order valence-corrected chi connectivity index (χ3v) is 4.59. The van der Waals surface area contributed by atoms with Crippen LogP contribution in [0.1, 0.15) is 25.7 Å². The van der Waals surface area contributed by atoms with Gasteiger partial charge in [-0.3, -0.25) is 0 Å². The van der Waals surface area contributed by atoms with Crippen LogP contribution in [0.4, 0.5) is 10.5 Å². The number of fused-ring (bicyclic) bond motifs is 1. The van der Waals surface area contributed by atoms with Crippen LogP contribution in [0.15, 0.2) is 39.5 Å². The number of carbonyl (C=O) groups is 1. The lowest BCUT2D eigenvalue weighted by molar-refractivity contribution is 0.0575. The second-order valence-electron chi connectivity index (χ2n) is 6.43. The molecule has 2 atom stereocenters. The maximum Gasteiger partial charge on any atom is 0.336 e. The summed E-state index contributed by atoms with van der Waals surface area (Å²) in [5.41, 5.74) is 0.724. The maximum atomic E-state index is 12.3. The minimum Gasteiger partial charge on any atom is -0.423 e. The van der Waals surface area contributed by atoms with Crippen molar-refractivity contribution in [3.8, 4) is 0 Å². The van der Waals surface area contributed by atoms with E-state index in [1.165, 1.54) is 6.07 Å². The third kappa shape index (κ3) is 3.76. The van der Waals surface area contributed by atoms with E-state index in [2.05, 4.69) is 5.32 Å². The topological polar surface area (TPSA) is 82.8 Å². The number of rotatable bonds is 3. The molecule has 1 heterocycles. The number of aliphatic hydroxyl groups excluding tert-OH is 1. The van der Waals surface area contributed by atoms with Gasteiger partial charge in [-0.1, -0.05) is 12.8 Å². The summed E-state index contributed by atoms with van der Waals surface area (Å²) in [6.45, 7) is 0.537. The highest BCUT2D eigenvalue weighted by atomic mass is 16.4. The quantitative estimate of drug-likeness (QED) is 0.848. The number of benzene rings is 1. The van der Waals surface area contributed by atoms with Crippen LogP contribution < -0.4 is 10.9 Å². The monoisotopic (exact) mass is 330 g/mol. The van der Waals surface area contributed by atoms with Crippen LogP contribution in [0, 0.1) is 5.92 Å². The van der Waals surface area contributed by atoms with Crippen LogP contribution in [0.5, 0.6) is 0 Å². The molecule has 1 aliphatic rings. The van der Waals surface area contributed by atoms with E-state index >= 15 is 0 Å². The average Bonchev–Trinajstić information content (AvgIpc) is 2.57. The molecular weight excluding hydrogens is 308 g/mol. The van der Waals surface area contributed by atoms with Gasteiger partial charge in [-0.25, -0.2) is 9.59 Å². The van der Waals surface area contributed by atoms with E-state index in [0.29, 0.717) is 17.8 Å². The Kier molecular flexibility index (Phi) is 4.85. The van der Waals surface area contributed by atoms with Gasteiger partial charge in [0.05, 0.1) is 6.10 Å². The Labute approximate surface area is 140 Å². The number of urea groups is 1. The van der Waals surface area contributed by atoms with Crippen molar-refractivity contribution in [3.63, 3.8) is 0 Å². The Bertz CT molecular complexity index is 786. The molecule has 1 aliphatic carbocycles. The van der Waals surface area contributed by atoms with E-state index in [1.54, 1.807) is 36.2 Å². The van der Waals surface area contributed by atoms with Crippen molar-refractivity contribution >= 4 is 22.7 Å². The van der Waals surface area contributed by atoms with E-state index in [0.717, 1.165) is 31.1 Å². The first-order chi connectivity index (χ1) is 11.5. The molecule has 2 aromatic rings. The summed E-state index contributed by atoms with van der Waals surface area (Å²) in [5.74, 6) is 0.139. The number of aliphatic hydroxyl groups is 1. The standard InChI is InChI=1S/C18H22N2O4/c1-20(11-13-4-2-3-5-15(13)21)18(23)19-14-7-8-16-12(10-14)6-9-17(22)24-16/h6-10,13,15,21H,2-5,11H2,1H3,(H,19,23). The fourth-order valence-electron chi connectivity index (χ4n) is 3.20. The zero-order valence-electron chi connectivity index (χ0n) is 13.7. The van der Waals surface area contributed by atoms with Crippen LogP contribution in [-0.2, 0) is 0 Å². The van der Waals surface area contributed by atoms with E-state index in [9.17, 15) is 14.7 Å². The van der Waals surface area contributed by atoms with E-state index in [-0.39, 0.29) is 18.1 Å². The maximum absolute atomic E-state index is 12.3. The fourth-order valence-corrected chi connectivity index (χ4v) is 3.20. The molecular formula is C18H22N2O4. The number of nitrogens with zero attached hydrogens (tertiary/aromatic N) is 1. The van der Waals surface area contributed by atoms with Crippen molar-refractivity contribution in [1.82, 2.24) is 4.90 Å². The molecule has 1 aromatic heterocycles. The number of hydrogen-bond acceptors (Lipinski definition) is 4. The molecule has 2 N–H and O–H groups in total. The molecule has 2 amide bonds. The number of nitrogens with one attached hydrogen (secondary N) is 1. The molecule has 2 unspecified atom stereocenters. The Morgan fingerprint density at radius 1 is 1.29 bits per heavy atom. The van der Waals surface area contributed by atoms with E-state index < -0.39 is 5.63 Å². The summed E-state index contributed by atoms with van der Waals surface area (Å²) in [4.78, 5) is 25.1. The van der Waals surface area contributed by atoms with Crippen molar-refractivity contribution in [3.05, 3.63) is 40.8 Å². The molecule has 3 rings (SSSR count). The molecule has 0 radical (unpaired) electrons. The minimum absolute atomic E-state index is 0.139. The van der Waals surface area contributed by atoms with Gasteiger partial charge in [0.2, 0.25) is 0 Å². The average molecular weight is 330 g/mol. The predicted octanol–water partition coefficient (Wildman–Crippen LogP) is 2.81. The molecule has 128 valence electrons. The first-order valence-electron chi connectivity index (χ1n) is 8.27. The summed E-state index contributed by atoms with van der Waals surface area (Å²) >= 11 is 0. The summed E-state index contributed by atoms with van der Waals surface area (Å²) < 4.78 is 5.07. The van der Waals surface area contributed by atoms with Gasteiger partial charge < -0.3 is 19.7 Å². The highest BCUT2D eigenvalue weighted by Crippen LogP contribution is 2.25. The molecule has 6 heteroatoms. The number of anilines is 1. The van der Waals surface area contributed by atoms with Crippen molar-refractivity contribution in [2.24, 2.45) is 5.92 Å². The van der Waals surface area contributed by atoms with Gasteiger partial charge in [0.25, 0.3) is 0 Å². The molecule has 1 aromatic carbocycles. The zero-order valence-corrected chi connectivity index (χ0v) is 13.7. The molecule has 0 bridgehead atoms. The first-order valence-corrected chi connectivity index (χ1v) is 8.27. The smallest absolute Gasteiger partial charge is 0.336 e. The van der Waals surface area contributed by atoms with Crippen LogP contribution in [0.25, 0.3) is 11.0 Å². The lowest BCUT2D eigenvalue weighted by atomic mass is 9.86. The minimum atomic E-state index is -0.398. The van der Waals surface area contributed by atoms with Crippen LogP contribution in [0.2, 0.25) is 0 Å². The Morgan fingerprint density at radius 3 is 2.88 bits per heavy atom. The fraction of sp³-hybridized carbons (Fsp3) is 0.444. The lowest BCUT2D eigenvalue weighted by Gasteiger charge is -2.31. The van der Waals surface area contributed by atoms with Gasteiger partial charge >= 0.3 is 11.7 Å². The third-order valence-electron chi connectivity index (χ3n) is 4.59. The molecule has 6 nitrogen and oxygen atoms in total. The Morgan fingerprint density at radius 2 is 2.08 bits per heavy atom. The number of hydrogen-bond donors (Lipinski definition) is 2. The van der Waals surface area contributed by atoms with Gasteiger partial charge in [0, 0.05) is 36.7 Å². The Hall–Kier alpha value is -2.34. The van der Waals surface area contributed by atoms with E-state index in [1.807, 2.05) is 0 Å². The lowest BCUT2D eigenvalue weighted by Crippen LogP contribution is -2.40. The molecule has 0 spiro atoms. The first kappa shape index (κ1) is 16.5. The molecule has 0 saturated heterocycles. The molecule has 0 aliphatic heterocycles. The summed E-state index contributed by atoms with van der Waals surface area (Å²) in [6, 6.07) is 7.93. The van der Waals surface area contributed by atoms with Crippen LogP contribution in [0.3, 0.4) is 0 Å². The van der Waals surface area contributed by atoms with E-state index in [4.69, 9.17) is 4.42 Å². The van der Waals surface area contributed by atoms with Gasteiger partial charge in [-0.2, -0.15) is 0 Å². The van der Waals surface area contributed by atoms with Gasteiger partial charge in [-0.05, 0) is 37.1 Å². The normalized spacial score (nSPS) is 20.8. The highest BCUT2D eigenvalue weighted by molar-refractivity contribution is 5.92. The van der Waals surface area contributed by atoms with Crippen LogP contribution >= 0.6 is 0 Å². The largest absolute Gasteiger partial charge is 0.423 e. The van der Waals surface area contributed by atoms with Crippen molar-refractivity contribution in [2.75, 3.05) is 18.9 Å². The van der Waals surface area contributed by atoms with Crippen molar-refractivity contribution in [1.29, 1.82) is 0 Å². The summed E-state index contributed by atoms with van der Waals surface area (Å²) in [6.07, 6.45) is 3.61. The number of carbonyl (C=O) groups excluding carboxylic acids is 1. The van der Waals surface area contributed by atoms with Crippen LogP contribution in [-0.4, -0.2) is 35.7 Å². The molecule has 24 heavy (non-hydrogen) atoms. The second-order valence-corrected chi connectivity index (χ2v) is 6.43. The summed E-state index contributed by atoms with van der Waals surface area (Å²) in [7, 11) is 1.73. The predicted molar refractivity (Wildman–Crippen MR) is 92.1 cm³/mol. The van der Waals surface area contributed by atoms with Gasteiger partial charge in [0.15, 0.2) is 0 Å². The second kappa shape index (κ2) is 7.05. The Balaban J connectivity index is 1.65. The summed E-state index contributed by atoms with van der Waals surface area (Å²) in [5, 5.41) is 13.6. The SMILES string of the molecule is CN(CC1CCCCC1O)C(=O)Nc1ccc2oc(=O)ccc2c1.